The molecule has 0 spiro atoms. The number of rotatable bonds is 10. The van der Waals surface area contributed by atoms with Crippen LogP contribution in [-0.2, 0) is 57.2 Å². The summed E-state index contributed by atoms with van der Waals surface area (Å²) in [6.45, 7) is 9.68. The normalized spacial score (nSPS) is 21.0. The lowest BCUT2D eigenvalue weighted by Gasteiger charge is -2.22. The molecule has 12 nitrogen and oxygen atoms in total. The van der Waals surface area contributed by atoms with E-state index in [1.54, 1.807) is 7.11 Å². The Morgan fingerprint density at radius 3 is 1.83 bits per heavy atom. The highest BCUT2D eigenvalue weighted by molar-refractivity contribution is 5.98. The van der Waals surface area contributed by atoms with Gasteiger partial charge in [-0.05, 0) is 80.1 Å². The molecule has 2 heterocycles. The van der Waals surface area contributed by atoms with Gasteiger partial charge < -0.3 is 23.7 Å². The number of ether oxygens (including phenoxy) is 5. The number of cyclic esters (lactones) is 3. The van der Waals surface area contributed by atoms with Gasteiger partial charge >= 0.3 is 23.9 Å². The number of carbonyl (C=O) groups is 7. The van der Waals surface area contributed by atoms with Crippen LogP contribution in [0.15, 0.2) is 0 Å². The molecule has 12 heteroatoms. The lowest BCUT2D eigenvalue weighted by molar-refractivity contribution is -0.191. The highest BCUT2D eigenvalue weighted by Crippen LogP contribution is 2.16. The molecule has 5 atom stereocenters. The van der Waals surface area contributed by atoms with E-state index in [-0.39, 0.29) is 38.2 Å². The van der Waals surface area contributed by atoms with E-state index in [0.29, 0.717) is 32.5 Å². The van der Waals surface area contributed by atoms with Gasteiger partial charge in [0.15, 0.2) is 24.1 Å². The largest absolute Gasteiger partial charge is 0.465 e. The zero-order chi connectivity index (χ0) is 30.1. The predicted molar refractivity (Wildman–Crippen MR) is 150 cm³/mol. The second-order valence-corrected chi connectivity index (χ2v) is 9.33. The maximum atomic E-state index is 11.7. The van der Waals surface area contributed by atoms with E-state index in [1.165, 1.54) is 41.5 Å². The molecule has 5 unspecified atom stereocenters. The number of Topliss-reactive ketones (excluding diaryl/α,β-unsaturated/α-hetero) is 3. The van der Waals surface area contributed by atoms with Crippen molar-refractivity contribution < 1.29 is 57.2 Å². The Morgan fingerprint density at radius 1 is 0.854 bits per heavy atom. The molecule has 2 aliphatic rings. The Hall–Kier alpha value is -3.15. The van der Waals surface area contributed by atoms with Crippen molar-refractivity contribution in [1.82, 2.24) is 0 Å². The van der Waals surface area contributed by atoms with Crippen molar-refractivity contribution in [2.45, 2.75) is 113 Å². The van der Waals surface area contributed by atoms with Crippen LogP contribution in [0, 0.1) is 11.8 Å². The van der Waals surface area contributed by atoms with E-state index in [4.69, 9.17) is 14.2 Å². The molecule has 0 aromatic heterocycles. The average Bonchev–Trinajstić information content (AvgIpc) is 3.07. The third kappa shape index (κ3) is 17.3. The highest BCUT2D eigenvalue weighted by atomic mass is 16.6. The van der Waals surface area contributed by atoms with Gasteiger partial charge in [0.1, 0.15) is 23.4 Å². The van der Waals surface area contributed by atoms with Gasteiger partial charge in [-0.25, -0.2) is 9.59 Å². The fourth-order valence-electron chi connectivity index (χ4n) is 3.27. The van der Waals surface area contributed by atoms with Crippen molar-refractivity contribution in [3.63, 3.8) is 0 Å². The molecule has 0 aromatic carbocycles. The summed E-state index contributed by atoms with van der Waals surface area (Å²) >= 11 is 0. The van der Waals surface area contributed by atoms with E-state index in [1.807, 2.05) is 0 Å². The van der Waals surface area contributed by atoms with Crippen molar-refractivity contribution in [2.75, 3.05) is 20.3 Å². The lowest BCUT2D eigenvalue weighted by Crippen LogP contribution is -2.40. The Labute approximate surface area is 244 Å². The van der Waals surface area contributed by atoms with Crippen molar-refractivity contribution in [3.8, 4) is 0 Å². The van der Waals surface area contributed by atoms with Crippen LogP contribution in [0.4, 0.5) is 0 Å². The number of unbranched alkanes of at least 4 members (excludes halogenated alkanes) is 1. The van der Waals surface area contributed by atoms with Crippen LogP contribution < -0.4 is 0 Å². The number of hydrogen-bond acceptors (Lipinski definition) is 12. The molecule has 2 aliphatic heterocycles. The molecule has 0 radical (unpaired) electrons. The Kier molecular flexibility index (Phi) is 23.3. The van der Waals surface area contributed by atoms with Crippen LogP contribution in [0.2, 0.25) is 0 Å². The Morgan fingerprint density at radius 2 is 1.39 bits per heavy atom. The standard InChI is InChI=1S/C13H22O5.C8H12O3.C6H8O4.2CH4/c1-9(14)11(3)18-13(16)12(10(2)15)7-5-6-8-17-4;1-6(9)7-4-2-3-5-11-8(7)10;1-3-5(7)10-4(2)6(8)9-3;;/h11-12H,5-8H2,1-4H3;7H,2-5H2,1H3;3-4H,1-2H3;2*1H4. The van der Waals surface area contributed by atoms with Gasteiger partial charge in [0, 0.05) is 13.7 Å². The summed E-state index contributed by atoms with van der Waals surface area (Å²) in [7, 11) is 1.60. The van der Waals surface area contributed by atoms with Gasteiger partial charge in [0.2, 0.25) is 0 Å². The number of esters is 4. The van der Waals surface area contributed by atoms with Crippen molar-refractivity contribution >= 4 is 41.2 Å². The first-order chi connectivity index (χ1) is 18.2. The number of carbonyl (C=O) groups excluding carboxylic acids is 7. The van der Waals surface area contributed by atoms with Gasteiger partial charge in [0.25, 0.3) is 0 Å². The van der Waals surface area contributed by atoms with Gasteiger partial charge in [-0.15, -0.1) is 0 Å². The molecule has 2 rings (SSSR count). The van der Waals surface area contributed by atoms with Gasteiger partial charge in [0.05, 0.1) is 6.61 Å². The van der Waals surface area contributed by atoms with Crippen LogP contribution in [-0.4, -0.2) is 79.9 Å². The van der Waals surface area contributed by atoms with Crippen LogP contribution in [0.5, 0.6) is 0 Å². The van der Waals surface area contributed by atoms with Crippen LogP contribution >= 0.6 is 0 Å². The molecule has 0 aromatic rings. The summed E-state index contributed by atoms with van der Waals surface area (Å²) in [4.78, 5) is 77.3. The summed E-state index contributed by atoms with van der Waals surface area (Å²) in [5.41, 5.74) is 0. The first-order valence-electron chi connectivity index (χ1n) is 13.0. The van der Waals surface area contributed by atoms with Gasteiger partial charge in [-0.1, -0.05) is 14.9 Å². The average molecular weight is 591 g/mol. The molecule has 238 valence electrons. The van der Waals surface area contributed by atoms with Crippen LogP contribution in [0.25, 0.3) is 0 Å². The molecule has 0 bridgehead atoms. The lowest BCUT2D eigenvalue weighted by atomic mass is 9.98. The molecule has 0 saturated carbocycles. The minimum absolute atomic E-state index is 0. The summed E-state index contributed by atoms with van der Waals surface area (Å²) in [6.07, 6.45) is 2.10. The Bertz CT molecular complexity index is 846. The molecule has 2 saturated heterocycles. The summed E-state index contributed by atoms with van der Waals surface area (Å²) in [6, 6.07) is 0. The summed E-state index contributed by atoms with van der Waals surface area (Å²) in [5, 5.41) is 0. The van der Waals surface area contributed by atoms with Gasteiger partial charge in [-0.2, -0.15) is 0 Å². The molecule has 41 heavy (non-hydrogen) atoms. The second kappa shape index (κ2) is 22.5. The molecular weight excluding hydrogens is 540 g/mol. The van der Waals surface area contributed by atoms with Crippen LogP contribution in [0.1, 0.15) is 94.9 Å². The number of hydrogen-bond donors (Lipinski definition) is 0. The van der Waals surface area contributed by atoms with E-state index < -0.39 is 48.1 Å². The SMILES string of the molecule is C.C.CC(=O)C1CCCCOC1=O.CC1OC(=O)C(C)OC1=O.COCCCCC(C(C)=O)C(=O)OC(C)C(C)=O. The minimum atomic E-state index is -0.793. The summed E-state index contributed by atoms with van der Waals surface area (Å²) in [5.74, 6) is -3.70. The highest BCUT2D eigenvalue weighted by Gasteiger charge is 2.32. The zero-order valence-electron chi connectivity index (χ0n) is 23.9. The summed E-state index contributed by atoms with van der Waals surface area (Å²) < 4.78 is 23.9. The second-order valence-electron chi connectivity index (χ2n) is 9.33. The third-order valence-corrected chi connectivity index (χ3v) is 5.89. The van der Waals surface area contributed by atoms with E-state index >= 15 is 0 Å². The smallest absolute Gasteiger partial charge is 0.347 e. The monoisotopic (exact) mass is 590 g/mol. The molecule has 0 N–H and O–H groups in total. The van der Waals surface area contributed by atoms with E-state index in [0.717, 1.165) is 19.3 Å². The van der Waals surface area contributed by atoms with Crippen molar-refractivity contribution in [2.24, 2.45) is 11.8 Å². The van der Waals surface area contributed by atoms with Crippen molar-refractivity contribution in [3.05, 3.63) is 0 Å². The van der Waals surface area contributed by atoms with Crippen molar-refractivity contribution in [1.29, 1.82) is 0 Å². The fraction of sp³-hybridized carbons (Fsp3) is 0.759. The van der Waals surface area contributed by atoms with E-state index in [2.05, 4.69) is 9.47 Å². The molecule has 0 aliphatic carbocycles. The maximum absolute atomic E-state index is 11.7. The molecular formula is C29H50O12. The first kappa shape index (κ1) is 42.3. The zero-order valence-corrected chi connectivity index (χ0v) is 23.9. The van der Waals surface area contributed by atoms with Gasteiger partial charge in [-0.3, -0.25) is 24.0 Å². The Balaban J connectivity index is -0.000000543. The number of methoxy groups -OCH3 is 1. The number of ketones is 3. The topological polar surface area (TPSA) is 166 Å². The molecule has 2 fully saturated rings. The minimum Gasteiger partial charge on any atom is -0.465 e. The molecule has 0 amide bonds. The van der Waals surface area contributed by atoms with Crippen LogP contribution in [0.3, 0.4) is 0 Å². The third-order valence-electron chi connectivity index (χ3n) is 5.89. The maximum Gasteiger partial charge on any atom is 0.347 e. The first-order valence-corrected chi connectivity index (χ1v) is 13.0. The predicted octanol–water partition coefficient (Wildman–Crippen LogP) is 3.58. The quantitative estimate of drug-likeness (QED) is 0.157. The van der Waals surface area contributed by atoms with E-state index in [9.17, 15) is 33.6 Å². The fourth-order valence-corrected chi connectivity index (χ4v) is 3.27.